The zero-order valence-corrected chi connectivity index (χ0v) is 10.1. The van der Waals surface area contributed by atoms with Crippen molar-refractivity contribution in [3.63, 3.8) is 0 Å². The summed E-state index contributed by atoms with van der Waals surface area (Å²) >= 11 is 0. The molecule has 17 heavy (non-hydrogen) atoms. The topological polar surface area (TPSA) is 49.3 Å². The molecule has 1 aliphatic rings. The lowest BCUT2D eigenvalue weighted by atomic mass is 9.88. The Morgan fingerprint density at radius 1 is 1.41 bits per heavy atom. The molecule has 0 heterocycles. The van der Waals surface area contributed by atoms with E-state index in [1.807, 2.05) is 37.3 Å². The lowest BCUT2D eigenvalue weighted by Crippen LogP contribution is -2.54. The van der Waals surface area contributed by atoms with Crippen LogP contribution in [0, 0.1) is 0 Å². The van der Waals surface area contributed by atoms with Crippen LogP contribution in [0.2, 0.25) is 0 Å². The molecule has 1 aliphatic carbocycles. The molecule has 1 unspecified atom stereocenters. The van der Waals surface area contributed by atoms with Crippen molar-refractivity contribution < 1.29 is 9.90 Å². The van der Waals surface area contributed by atoms with Crippen LogP contribution in [0.15, 0.2) is 30.3 Å². The zero-order valence-electron chi connectivity index (χ0n) is 10.1. The molecule has 1 aromatic rings. The summed E-state index contributed by atoms with van der Waals surface area (Å²) in [6.45, 7) is 1.94. The second-order valence-corrected chi connectivity index (χ2v) is 4.82. The predicted molar refractivity (Wildman–Crippen MR) is 67.0 cm³/mol. The summed E-state index contributed by atoms with van der Waals surface area (Å²) in [4.78, 5) is 11.6. The molecule has 3 heteroatoms. The summed E-state index contributed by atoms with van der Waals surface area (Å²) in [6.07, 6.45) is 3.36. The molecule has 0 radical (unpaired) electrons. The average molecular weight is 233 g/mol. The number of carboxylic acids is 1. The number of hydrogen-bond acceptors (Lipinski definition) is 2. The molecule has 1 atom stereocenters. The number of aliphatic carboxylic acids is 1. The Bertz CT molecular complexity index is 386. The minimum Gasteiger partial charge on any atom is -0.480 e. The van der Waals surface area contributed by atoms with E-state index in [4.69, 9.17) is 0 Å². The minimum absolute atomic E-state index is 0.398. The predicted octanol–water partition coefficient (Wildman–Crippen LogP) is 2.21. The number of carbonyl (C=O) groups is 1. The number of rotatable bonds is 6. The van der Waals surface area contributed by atoms with Gasteiger partial charge in [-0.1, -0.05) is 37.3 Å². The molecule has 3 nitrogen and oxygen atoms in total. The van der Waals surface area contributed by atoms with E-state index in [9.17, 15) is 9.90 Å². The fourth-order valence-corrected chi connectivity index (χ4v) is 2.13. The lowest BCUT2D eigenvalue weighted by Gasteiger charge is -2.30. The molecular formula is C14H19NO2. The molecule has 2 rings (SSSR count). The van der Waals surface area contributed by atoms with E-state index < -0.39 is 11.5 Å². The van der Waals surface area contributed by atoms with E-state index in [1.54, 1.807) is 0 Å². The molecule has 0 aromatic heterocycles. The Morgan fingerprint density at radius 2 is 2.06 bits per heavy atom. The van der Waals surface area contributed by atoms with Crippen molar-refractivity contribution in [2.45, 2.75) is 44.2 Å². The number of hydrogen-bond donors (Lipinski definition) is 2. The molecule has 0 amide bonds. The van der Waals surface area contributed by atoms with Crippen LogP contribution < -0.4 is 5.32 Å². The Labute approximate surface area is 102 Å². The Balaban J connectivity index is 2.16. The van der Waals surface area contributed by atoms with Crippen LogP contribution in [0.5, 0.6) is 0 Å². The number of benzene rings is 1. The van der Waals surface area contributed by atoms with Crippen molar-refractivity contribution in [2.75, 3.05) is 0 Å². The molecule has 0 saturated heterocycles. The highest BCUT2D eigenvalue weighted by Crippen LogP contribution is 2.26. The van der Waals surface area contributed by atoms with Gasteiger partial charge in [0.25, 0.3) is 0 Å². The second kappa shape index (κ2) is 4.88. The molecule has 0 bridgehead atoms. The third kappa shape index (κ3) is 2.86. The molecule has 1 saturated carbocycles. The summed E-state index contributed by atoms with van der Waals surface area (Å²) in [5.74, 6) is -0.740. The third-order valence-corrected chi connectivity index (χ3v) is 3.42. The zero-order chi connectivity index (χ0) is 12.3. The third-order valence-electron chi connectivity index (χ3n) is 3.42. The van der Waals surface area contributed by atoms with E-state index in [1.165, 1.54) is 0 Å². The van der Waals surface area contributed by atoms with Gasteiger partial charge in [-0.15, -0.1) is 0 Å². The van der Waals surface area contributed by atoms with Crippen molar-refractivity contribution in [1.29, 1.82) is 0 Å². The maximum Gasteiger partial charge on any atom is 0.324 e. The van der Waals surface area contributed by atoms with Crippen molar-refractivity contribution >= 4 is 5.97 Å². The monoisotopic (exact) mass is 233 g/mol. The van der Waals surface area contributed by atoms with E-state index in [-0.39, 0.29) is 0 Å². The van der Waals surface area contributed by atoms with Crippen LogP contribution in [0.4, 0.5) is 0 Å². The van der Waals surface area contributed by atoms with Gasteiger partial charge in [0.2, 0.25) is 0 Å². The van der Waals surface area contributed by atoms with Gasteiger partial charge < -0.3 is 5.11 Å². The quantitative estimate of drug-likeness (QED) is 0.792. The Hall–Kier alpha value is -1.35. The maximum atomic E-state index is 11.6. The fraction of sp³-hybridized carbons (Fsp3) is 0.500. The SMILES string of the molecule is CCC(Cc1ccccc1)(NC1CC1)C(=O)O. The largest absolute Gasteiger partial charge is 0.480 e. The minimum atomic E-state index is -0.803. The van der Waals surface area contributed by atoms with Crippen LogP contribution >= 0.6 is 0 Å². The van der Waals surface area contributed by atoms with Crippen LogP contribution in [-0.4, -0.2) is 22.7 Å². The first-order valence-electron chi connectivity index (χ1n) is 6.21. The van der Waals surface area contributed by atoms with E-state index in [2.05, 4.69) is 5.32 Å². The highest BCUT2D eigenvalue weighted by molar-refractivity contribution is 5.79. The molecule has 1 aromatic carbocycles. The van der Waals surface area contributed by atoms with E-state index >= 15 is 0 Å². The summed E-state index contributed by atoms with van der Waals surface area (Å²) in [5.41, 5.74) is 0.271. The van der Waals surface area contributed by atoms with Crippen LogP contribution in [0.1, 0.15) is 31.7 Å². The number of nitrogens with one attached hydrogen (secondary N) is 1. The molecule has 1 fully saturated rings. The standard InChI is InChI=1S/C14H19NO2/c1-2-14(13(16)17,15-12-8-9-12)10-11-6-4-3-5-7-11/h3-7,12,15H,2,8-10H2,1H3,(H,16,17). The Morgan fingerprint density at radius 3 is 2.53 bits per heavy atom. The van der Waals surface area contributed by atoms with Gasteiger partial charge in [0.15, 0.2) is 0 Å². The van der Waals surface area contributed by atoms with Gasteiger partial charge in [-0.3, -0.25) is 10.1 Å². The van der Waals surface area contributed by atoms with Gasteiger partial charge in [0.1, 0.15) is 5.54 Å². The molecule has 92 valence electrons. The van der Waals surface area contributed by atoms with Crippen LogP contribution in [-0.2, 0) is 11.2 Å². The lowest BCUT2D eigenvalue weighted by molar-refractivity contribution is -0.145. The first-order chi connectivity index (χ1) is 8.16. The van der Waals surface area contributed by atoms with Crippen LogP contribution in [0.25, 0.3) is 0 Å². The summed E-state index contributed by atoms with van der Waals surface area (Å²) in [5, 5.41) is 12.8. The average Bonchev–Trinajstić information content (AvgIpc) is 3.13. The normalized spacial score (nSPS) is 18.6. The molecule has 2 N–H and O–H groups in total. The highest BCUT2D eigenvalue weighted by Gasteiger charge is 2.41. The summed E-state index contributed by atoms with van der Waals surface area (Å²) in [6, 6.07) is 10.2. The van der Waals surface area contributed by atoms with Gasteiger partial charge in [0, 0.05) is 12.5 Å². The van der Waals surface area contributed by atoms with Crippen LogP contribution in [0.3, 0.4) is 0 Å². The van der Waals surface area contributed by atoms with Gasteiger partial charge >= 0.3 is 5.97 Å². The van der Waals surface area contributed by atoms with E-state index in [0.29, 0.717) is 18.9 Å². The summed E-state index contributed by atoms with van der Waals surface area (Å²) in [7, 11) is 0. The van der Waals surface area contributed by atoms with Gasteiger partial charge in [-0.25, -0.2) is 0 Å². The van der Waals surface area contributed by atoms with Gasteiger partial charge in [-0.2, -0.15) is 0 Å². The first kappa shape index (κ1) is 12.1. The van der Waals surface area contributed by atoms with Gasteiger partial charge in [0.05, 0.1) is 0 Å². The first-order valence-corrected chi connectivity index (χ1v) is 6.21. The fourth-order valence-electron chi connectivity index (χ4n) is 2.13. The molecular weight excluding hydrogens is 214 g/mol. The van der Waals surface area contributed by atoms with Crippen molar-refractivity contribution in [2.24, 2.45) is 0 Å². The van der Waals surface area contributed by atoms with Gasteiger partial charge in [-0.05, 0) is 24.8 Å². The second-order valence-electron chi connectivity index (χ2n) is 4.82. The number of carboxylic acid groups (broad SMARTS) is 1. The molecule has 0 aliphatic heterocycles. The van der Waals surface area contributed by atoms with E-state index in [0.717, 1.165) is 18.4 Å². The van der Waals surface area contributed by atoms with Crippen molar-refractivity contribution in [3.8, 4) is 0 Å². The molecule has 0 spiro atoms. The smallest absolute Gasteiger partial charge is 0.324 e. The summed E-state index contributed by atoms with van der Waals surface area (Å²) < 4.78 is 0. The highest BCUT2D eigenvalue weighted by atomic mass is 16.4. The van der Waals surface area contributed by atoms with Crippen molar-refractivity contribution in [3.05, 3.63) is 35.9 Å². The Kier molecular flexibility index (Phi) is 3.48. The maximum absolute atomic E-state index is 11.6. The van der Waals surface area contributed by atoms with Crippen molar-refractivity contribution in [1.82, 2.24) is 5.32 Å².